The Morgan fingerprint density at radius 3 is 3.00 bits per heavy atom. The summed E-state index contributed by atoms with van der Waals surface area (Å²) in [5.74, 6) is 1.11. The first-order valence-electron chi connectivity index (χ1n) is 5.53. The van der Waals surface area contributed by atoms with Crippen LogP contribution in [0.3, 0.4) is 0 Å². The average Bonchev–Trinajstić information content (AvgIpc) is 2.78. The third-order valence-corrected chi connectivity index (χ3v) is 2.79. The molecule has 2 rings (SSSR count). The lowest BCUT2D eigenvalue weighted by Crippen LogP contribution is -2.23. The highest BCUT2D eigenvalue weighted by Gasteiger charge is 2.24. The van der Waals surface area contributed by atoms with Crippen molar-refractivity contribution in [1.82, 2.24) is 10.1 Å². The molecule has 0 aromatic carbocycles. The molecule has 2 heterocycles. The molecule has 0 radical (unpaired) electrons. The first kappa shape index (κ1) is 11.5. The van der Waals surface area contributed by atoms with E-state index < -0.39 is 12.1 Å². The van der Waals surface area contributed by atoms with Crippen LogP contribution in [0.4, 0.5) is 0 Å². The van der Waals surface area contributed by atoms with Gasteiger partial charge in [-0.3, -0.25) is 0 Å². The fourth-order valence-corrected chi connectivity index (χ4v) is 1.70. The molecule has 90 valence electrons. The van der Waals surface area contributed by atoms with E-state index in [9.17, 15) is 5.11 Å². The Kier molecular flexibility index (Phi) is 3.52. The molecule has 6 nitrogen and oxygen atoms in total. The number of rotatable bonds is 3. The van der Waals surface area contributed by atoms with Crippen molar-refractivity contribution >= 4 is 0 Å². The van der Waals surface area contributed by atoms with Crippen LogP contribution in [0.5, 0.6) is 0 Å². The van der Waals surface area contributed by atoms with Crippen LogP contribution in [0.25, 0.3) is 0 Å². The minimum atomic E-state index is -0.698. The van der Waals surface area contributed by atoms with Crippen LogP contribution in [0, 0.1) is 0 Å². The van der Waals surface area contributed by atoms with Gasteiger partial charge < -0.3 is 20.1 Å². The standard InChI is InChI=1S/C10H17N3O3/c1-6(14)8(11)10-12-9(13-16-10)7-3-2-4-15-5-7/h6-8,14H,2-5,11H2,1H3. The first-order valence-corrected chi connectivity index (χ1v) is 5.53. The van der Waals surface area contributed by atoms with Crippen LogP contribution in [-0.2, 0) is 4.74 Å². The summed E-state index contributed by atoms with van der Waals surface area (Å²) in [5, 5.41) is 13.2. The molecule has 6 heteroatoms. The third kappa shape index (κ3) is 2.40. The molecule has 0 bridgehead atoms. The van der Waals surface area contributed by atoms with Gasteiger partial charge in [-0.2, -0.15) is 4.98 Å². The van der Waals surface area contributed by atoms with Gasteiger partial charge in [-0.15, -0.1) is 0 Å². The zero-order valence-corrected chi connectivity index (χ0v) is 9.30. The van der Waals surface area contributed by atoms with Crippen molar-refractivity contribution in [2.45, 2.75) is 37.8 Å². The van der Waals surface area contributed by atoms with Crippen molar-refractivity contribution in [2.24, 2.45) is 5.73 Å². The van der Waals surface area contributed by atoms with Gasteiger partial charge in [-0.25, -0.2) is 0 Å². The summed E-state index contributed by atoms with van der Waals surface area (Å²) in [7, 11) is 0. The summed E-state index contributed by atoms with van der Waals surface area (Å²) in [5.41, 5.74) is 5.70. The third-order valence-electron chi connectivity index (χ3n) is 2.79. The van der Waals surface area contributed by atoms with Gasteiger partial charge in [-0.05, 0) is 19.8 Å². The SMILES string of the molecule is CC(O)C(N)c1nc(C2CCCOC2)no1. The molecule has 0 saturated carbocycles. The first-order chi connectivity index (χ1) is 7.68. The van der Waals surface area contributed by atoms with Gasteiger partial charge in [0.1, 0.15) is 6.04 Å². The van der Waals surface area contributed by atoms with Gasteiger partial charge in [0, 0.05) is 12.5 Å². The largest absolute Gasteiger partial charge is 0.391 e. The van der Waals surface area contributed by atoms with Crippen molar-refractivity contribution in [3.05, 3.63) is 11.7 Å². The highest BCUT2D eigenvalue weighted by molar-refractivity contribution is 5.00. The molecule has 3 N–H and O–H groups in total. The zero-order valence-electron chi connectivity index (χ0n) is 9.30. The van der Waals surface area contributed by atoms with Crippen molar-refractivity contribution in [3.63, 3.8) is 0 Å². The second-order valence-corrected chi connectivity index (χ2v) is 4.17. The van der Waals surface area contributed by atoms with Crippen LogP contribution in [0.1, 0.15) is 43.4 Å². The Morgan fingerprint density at radius 2 is 2.38 bits per heavy atom. The second kappa shape index (κ2) is 4.90. The zero-order chi connectivity index (χ0) is 11.5. The molecule has 1 aliphatic heterocycles. The number of nitrogens with zero attached hydrogens (tertiary/aromatic N) is 2. The fourth-order valence-electron chi connectivity index (χ4n) is 1.70. The van der Waals surface area contributed by atoms with Crippen LogP contribution >= 0.6 is 0 Å². The molecule has 0 aliphatic carbocycles. The number of aliphatic hydroxyl groups is 1. The Hall–Kier alpha value is -0.980. The highest BCUT2D eigenvalue weighted by atomic mass is 16.5. The van der Waals surface area contributed by atoms with Gasteiger partial charge in [0.25, 0.3) is 0 Å². The van der Waals surface area contributed by atoms with Crippen molar-refractivity contribution in [2.75, 3.05) is 13.2 Å². The number of nitrogens with two attached hydrogens (primary N) is 1. The predicted molar refractivity (Wildman–Crippen MR) is 55.7 cm³/mol. The lowest BCUT2D eigenvalue weighted by Gasteiger charge is -2.18. The molecule has 1 aromatic heterocycles. The summed E-state index contributed by atoms with van der Waals surface area (Å²) in [6.45, 7) is 3.02. The Morgan fingerprint density at radius 1 is 1.56 bits per heavy atom. The molecule has 0 amide bonds. The minimum Gasteiger partial charge on any atom is -0.391 e. The fraction of sp³-hybridized carbons (Fsp3) is 0.800. The van der Waals surface area contributed by atoms with E-state index in [-0.39, 0.29) is 11.8 Å². The van der Waals surface area contributed by atoms with Crippen molar-refractivity contribution < 1.29 is 14.4 Å². The van der Waals surface area contributed by atoms with Gasteiger partial charge >= 0.3 is 0 Å². The molecule has 1 saturated heterocycles. The second-order valence-electron chi connectivity index (χ2n) is 4.17. The van der Waals surface area contributed by atoms with Gasteiger partial charge in [0.05, 0.1) is 12.7 Å². The van der Waals surface area contributed by atoms with Gasteiger partial charge in [-0.1, -0.05) is 5.16 Å². The predicted octanol–water partition coefficient (Wildman–Crippen LogP) is 0.344. The van der Waals surface area contributed by atoms with Crippen molar-refractivity contribution in [3.8, 4) is 0 Å². The maximum atomic E-state index is 9.32. The van der Waals surface area contributed by atoms with E-state index in [1.54, 1.807) is 6.92 Å². The van der Waals surface area contributed by atoms with Gasteiger partial charge in [0.15, 0.2) is 5.82 Å². The summed E-state index contributed by atoms with van der Waals surface area (Å²) in [4.78, 5) is 4.21. The summed E-state index contributed by atoms with van der Waals surface area (Å²) in [6, 6.07) is -0.620. The monoisotopic (exact) mass is 227 g/mol. The minimum absolute atomic E-state index is 0.187. The topological polar surface area (TPSA) is 94.4 Å². The summed E-state index contributed by atoms with van der Waals surface area (Å²) < 4.78 is 10.4. The molecule has 3 atom stereocenters. The maximum Gasteiger partial charge on any atom is 0.246 e. The smallest absolute Gasteiger partial charge is 0.246 e. The molecular weight excluding hydrogens is 210 g/mol. The molecule has 1 aliphatic rings. The highest BCUT2D eigenvalue weighted by Crippen LogP contribution is 2.24. The van der Waals surface area contributed by atoms with E-state index in [1.165, 1.54) is 0 Å². The molecule has 3 unspecified atom stereocenters. The van der Waals surface area contributed by atoms with Crippen LogP contribution in [-0.4, -0.2) is 34.6 Å². The molecule has 1 aromatic rings. The Balaban J connectivity index is 2.06. The quantitative estimate of drug-likeness (QED) is 0.773. The normalized spacial score (nSPS) is 25.3. The van der Waals surface area contributed by atoms with E-state index in [4.69, 9.17) is 15.0 Å². The number of aliphatic hydroxyl groups excluding tert-OH is 1. The number of aromatic nitrogens is 2. The van der Waals surface area contributed by atoms with Crippen LogP contribution < -0.4 is 5.73 Å². The van der Waals surface area contributed by atoms with Crippen LogP contribution in [0.15, 0.2) is 4.52 Å². The number of hydrogen-bond donors (Lipinski definition) is 2. The van der Waals surface area contributed by atoms with E-state index >= 15 is 0 Å². The lowest BCUT2D eigenvalue weighted by atomic mass is 10.0. The van der Waals surface area contributed by atoms with E-state index in [1.807, 2.05) is 0 Å². The van der Waals surface area contributed by atoms with E-state index in [0.717, 1.165) is 19.4 Å². The van der Waals surface area contributed by atoms with E-state index in [0.29, 0.717) is 12.4 Å². The average molecular weight is 227 g/mol. The molecule has 16 heavy (non-hydrogen) atoms. The Bertz CT molecular complexity index is 334. The summed E-state index contributed by atoms with van der Waals surface area (Å²) >= 11 is 0. The molecule has 1 fully saturated rings. The number of hydrogen-bond acceptors (Lipinski definition) is 6. The summed E-state index contributed by atoms with van der Waals surface area (Å²) in [6.07, 6.45) is 1.32. The van der Waals surface area contributed by atoms with Crippen LogP contribution in [0.2, 0.25) is 0 Å². The lowest BCUT2D eigenvalue weighted by molar-refractivity contribution is 0.0773. The van der Waals surface area contributed by atoms with Crippen molar-refractivity contribution in [1.29, 1.82) is 0 Å². The Labute approximate surface area is 93.8 Å². The molecule has 0 spiro atoms. The molecular formula is C10H17N3O3. The van der Waals surface area contributed by atoms with Gasteiger partial charge in [0.2, 0.25) is 5.89 Å². The maximum absolute atomic E-state index is 9.32. The number of ether oxygens (including phenoxy) is 1. The van der Waals surface area contributed by atoms with E-state index in [2.05, 4.69) is 10.1 Å².